The summed E-state index contributed by atoms with van der Waals surface area (Å²) in [5, 5.41) is 8.93. The van der Waals surface area contributed by atoms with Gasteiger partial charge in [-0.05, 0) is 55.0 Å². The molecule has 0 aliphatic heterocycles. The summed E-state index contributed by atoms with van der Waals surface area (Å²) in [5.41, 5.74) is 1.34. The molecule has 0 bridgehead atoms. The van der Waals surface area contributed by atoms with E-state index in [0.717, 1.165) is 23.4 Å². The van der Waals surface area contributed by atoms with E-state index in [1.165, 1.54) is 17.8 Å². The van der Waals surface area contributed by atoms with Gasteiger partial charge in [-0.2, -0.15) is 13.2 Å². The monoisotopic (exact) mass is 456 g/mol. The normalized spacial score (nSPS) is 11.5. The Hall–Kier alpha value is -3.33. The number of ether oxygens (including phenoxy) is 1. The molecular formula is C23H19F3N4OS. The van der Waals surface area contributed by atoms with E-state index in [1.54, 1.807) is 35.2 Å². The van der Waals surface area contributed by atoms with Gasteiger partial charge in [0.1, 0.15) is 5.75 Å². The summed E-state index contributed by atoms with van der Waals surface area (Å²) in [5.74, 6) is 1.72. The van der Waals surface area contributed by atoms with Crippen molar-refractivity contribution >= 4 is 11.8 Å². The average molecular weight is 456 g/mol. The van der Waals surface area contributed by atoms with Crippen molar-refractivity contribution < 1.29 is 17.9 Å². The zero-order valence-electron chi connectivity index (χ0n) is 17.1. The van der Waals surface area contributed by atoms with Gasteiger partial charge in [0.15, 0.2) is 11.0 Å². The number of hydrogen-bond donors (Lipinski definition) is 0. The Morgan fingerprint density at radius 1 is 1.00 bits per heavy atom. The SMILES string of the molecule is Cc1cccc(OCCSc2nnc(-c3cccnc3)n2-c2cccc(C(F)(F)F)c2)c1. The molecule has 0 N–H and O–H groups in total. The Kier molecular flexibility index (Phi) is 6.45. The summed E-state index contributed by atoms with van der Waals surface area (Å²) in [6, 6.07) is 16.4. The highest BCUT2D eigenvalue weighted by Crippen LogP contribution is 2.33. The molecule has 4 rings (SSSR count). The van der Waals surface area contributed by atoms with E-state index in [0.29, 0.717) is 34.6 Å². The first-order valence-corrected chi connectivity index (χ1v) is 10.8. The van der Waals surface area contributed by atoms with Crippen LogP contribution in [0.1, 0.15) is 11.1 Å². The van der Waals surface area contributed by atoms with E-state index in [-0.39, 0.29) is 0 Å². The van der Waals surface area contributed by atoms with Crippen molar-refractivity contribution in [1.29, 1.82) is 0 Å². The molecule has 0 unspecified atom stereocenters. The van der Waals surface area contributed by atoms with Crippen LogP contribution in [0.25, 0.3) is 17.1 Å². The second kappa shape index (κ2) is 9.44. The number of nitrogens with zero attached hydrogens (tertiary/aromatic N) is 4. The molecule has 0 atom stereocenters. The standard InChI is InChI=1S/C23H19F3N4OS/c1-16-5-2-9-20(13-16)31-11-12-32-22-29-28-21(17-6-4-10-27-15-17)30(22)19-8-3-7-18(14-19)23(24,25)26/h2-10,13-15H,11-12H2,1H3. The number of aryl methyl sites for hydroxylation is 1. The van der Waals surface area contributed by atoms with Crippen LogP contribution in [0.3, 0.4) is 0 Å². The first kappa shape index (κ1) is 21.9. The number of hydrogen-bond acceptors (Lipinski definition) is 5. The number of halogens is 3. The van der Waals surface area contributed by atoms with Gasteiger partial charge in [-0.25, -0.2) is 0 Å². The molecule has 0 fully saturated rings. The van der Waals surface area contributed by atoms with Crippen molar-refractivity contribution in [2.75, 3.05) is 12.4 Å². The van der Waals surface area contributed by atoms with Crippen LogP contribution in [-0.2, 0) is 6.18 Å². The highest BCUT2D eigenvalue weighted by Gasteiger charge is 2.31. The van der Waals surface area contributed by atoms with Crippen molar-refractivity contribution in [2.24, 2.45) is 0 Å². The first-order chi connectivity index (χ1) is 15.4. The molecule has 2 aromatic heterocycles. The average Bonchev–Trinajstić information content (AvgIpc) is 3.21. The lowest BCUT2D eigenvalue weighted by molar-refractivity contribution is -0.137. The molecule has 2 aromatic carbocycles. The van der Waals surface area contributed by atoms with E-state index in [1.807, 2.05) is 31.2 Å². The number of aromatic nitrogens is 4. The fourth-order valence-electron chi connectivity index (χ4n) is 3.10. The third-order valence-corrected chi connectivity index (χ3v) is 5.45. The molecule has 0 spiro atoms. The quantitative estimate of drug-likeness (QED) is 0.259. The van der Waals surface area contributed by atoms with E-state index < -0.39 is 11.7 Å². The highest BCUT2D eigenvalue weighted by molar-refractivity contribution is 7.99. The Morgan fingerprint density at radius 2 is 1.84 bits per heavy atom. The minimum atomic E-state index is -4.45. The zero-order chi connectivity index (χ0) is 22.6. The first-order valence-electron chi connectivity index (χ1n) is 9.77. The Labute approximate surface area is 187 Å². The number of alkyl halides is 3. The van der Waals surface area contributed by atoms with Gasteiger partial charge >= 0.3 is 6.18 Å². The van der Waals surface area contributed by atoms with E-state index in [4.69, 9.17) is 4.74 Å². The molecule has 5 nitrogen and oxygen atoms in total. The van der Waals surface area contributed by atoms with E-state index >= 15 is 0 Å². The molecule has 0 saturated carbocycles. The molecule has 0 amide bonds. The molecule has 164 valence electrons. The number of thioether (sulfide) groups is 1. The Bertz CT molecular complexity index is 1200. The summed E-state index contributed by atoms with van der Waals surface area (Å²) < 4.78 is 47.3. The van der Waals surface area contributed by atoms with E-state index in [2.05, 4.69) is 15.2 Å². The topological polar surface area (TPSA) is 52.8 Å². The Morgan fingerprint density at radius 3 is 2.59 bits per heavy atom. The van der Waals surface area contributed by atoms with Gasteiger partial charge in [-0.1, -0.05) is 30.0 Å². The number of pyridine rings is 1. The lowest BCUT2D eigenvalue weighted by Crippen LogP contribution is -2.07. The fraction of sp³-hybridized carbons (Fsp3) is 0.174. The van der Waals surface area contributed by atoms with Crippen LogP contribution in [0.2, 0.25) is 0 Å². The van der Waals surface area contributed by atoms with Gasteiger partial charge in [0.25, 0.3) is 0 Å². The minimum absolute atomic E-state index is 0.325. The van der Waals surface area contributed by atoms with Crippen LogP contribution in [0.5, 0.6) is 5.75 Å². The third kappa shape index (κ3) is 5.11. The Balaban J connectivity index is 1.61. The van der Waals surface area contributed by atoms with Crippen LogP contribution in [0, 0.1) is 6.92 Å². The van der Waals surface area contributed by atoms with Crippen molar-refractivity contribution in [3.63, 3.8) is 0 Å². The predicted molar refractivity (Wildman–Crippen MR) is 117 cm³/mol. The van der Waals surface area contributed by atoms with Crippen molar-refractivity contribution in [1.82, 2.24) is 19.7 Å². The second-order valence-electron chi connectivity index (χ2n) is 6.94. The highest BCUT2D eigenvalue weighted by atomic mass is 32.2. The minimum Gasteiger partial charge on any atom is -0.493 e. The maximum atomic E-state index is 13.3. The van der Waals surface area contributed by atoms with E-state index in [9.17, 15) is 13.2 Å². The lowest BCUT2D eigenvalue weighted by Gasteiger charge is -2.13. The summed E-state index contributed by atoms with van der Waals surface area (Å²) in [4.78, 5) is 4.09. The number of benzene rings is 2. The van der Waals surface area contributed by atoms with Gasteiger partial charge in [-0.15, -0.1) is 10.2 Å². The maximum absolute atomic E-state index is 13.3. The van der Waals surface area contributed by atoms with Crippen molar-refractivity contribution in [3.05, 3.63) is 84.2 Å². The van der Waals surface area contributed by atoms with Crippen LogP contribution in [0.4, 0.5) is 13.2 Å². The summed E-state index contributed by atoms with van der Waals surface area (Å²) in [6.07, 6.45) is -1.23. The van der Waals surface area contributed by atoms with Gasteiger partial charge in [0, 0.05) is 23.7 Å². The van der Waals surface area contributed by atoms with Gasteiger partial charge < -0.3 is 4.74 Å². The lowest BCUT2D eigenvalue weighted by atomic mass is 10.2. The smallest absolute Gasteiger partial charge is 0.416 e. The zero-order valence-corrected chi connectivity index (χ0v) is 17.9. The third-order valence-electron chi connectivity index (χ3n) is 4.56. The molecule has 32 heavy (non-hydrogen) atoms. The van der Waals surface area contributed by atoms with Crippen LogP contribution < -0.4 is 4.74 Å². The molecular weight excluding hydrogens is 437 g/mol. The van der Waals surface area contributed by atoms with Crippen LogP contribution >= 0.6 is 11.8 Å². The second-order valence-corrected chi connectivity index (χ2v) is 8.01. The van der Waals surface area contributed by atoms with Gasteiger partial charge in [-0.3, -0.25) is 9.55 Å². The molecule has 9 heteroatoms. The van der Waals surface area contributed by atoms with Crippen molar-refractivity contribution in [3.8, 4) is 22.8 Å². The maximum Gasteiger partial charge on any atom is 0.416 e. The van der Waals surface area contributed by atoms with Crippen LogP contribution in [-0.4, -0.2) is 32.1 Å². The predicted octanol–water partition coefficient (Wildman–Crippen LogP) is 5.83. The molecule has 0 saturated heterocycles. The molecule has 0 aliphatic carbocycles. The van der Waals surface area contributed by atoms with Crippen molar-refractivity contribution in [2.45, 2.75) is 18.3 Å². The largest absolute Gasteiger partial charge is 0.493 e. The van der Waals surface area contributed by atoms with Gasteiger partial charge in [0.05, 0.1) is 17.9 Å². The molecule has 0 aliphatic rings. The summed E-state index contributed by atoms with van der Waals surface area (Å²) >= 11 is 1.36. The molecule has 2 heterocycles. The number of rotatable bonds is 7. The molecule has 0 radical (unpaired) electrons. The summed E-state index contributed by atoms with van der Waals surface area (Å²) in [6.45, 7) is 2.39. The fourth-order valence-corrected chi connectivity index (χ4v) is 3.87. The summed E-state index contributed by atoms with van der Waals surface area (Å²) in [7, 11) is 0. The molecule has 4 aromatic rings. The van der Waals surface area contributed by atoms with Gasteiger partial charge in [0.2, 0.25) is 0 Å². The van der Waals surface area contributed by atoms with Crippen LogP contribution in [0.15, 0.2) is 78.2 Å².